The van der Waals surface area contributed by atoms with E-state index in [0.717, 1.165) is 0 Å². The first-order valence-electron chi connectivity index (χ1n) is 8.76. The van der Waals surface area contributed by atoms with Crippen LogP contribution in [0.3, 0.4) is 0 Å². The summed E-state index contributed by atoms with van der Waals surface area (Å²) < 4.78 is 32.0. The summed E-state index contributed by atoms with van der Waals surface area (Å²) in [4.78, 5) is 12.6. The molecule has 0 spiro atoms. The van der Waals surface area contributed by atoms with Gasteiger partial charge < -0.3 is 15.8 Å². The van der Waals surface area contributed by atoms with Crippen LogP contribution < -0.4 is 15.8 Å². The fourth-order valence-corrected chi connectivity index (χ4v) is 4.03. The zero-order valence-electron chi connectivity index (χ0n) is 15.5. The number of anilines is 1. The summed E-state index contributed by atoms with van der Waals surface area (Å²) in [5, 5.41) is 2.75. The maximum absolute atomic E-state index is 12.6. The second-order valence-electron chi connectivity index (χ2n) is 5.73. The van der Waals surface area contributed by atoms with Gasteiger partial charge in [-0.1, -0.05) is 19.9 Å². The number of hydrogen-bond acceptors (Lipinski definition) is 5. The predicted octanol–water partition coefficient (Wildman–Crippen LogP) is 2.31. The Hall–Kier alpha value is -2.42. The lowest BCUT2D eigenvalue weighted by Gasteiger charge is -2.18. The van der Waals surface area contributed by atoms with Crippen molar-refractivity contribution in [3.05, 3.63) is 54.1 Å². The average Bonchev–Trinajstić information content (AvgIpc) is 2.68. The minimum atomic E-state index is -3.62. The van der Waals surface area contributed by atoms with Gasteiger partial charge in [0.2, 0.25) is 10.0 Å². The normalized spacial score (nSPS) is 11.4. The van der Waals surface area contributed by atoms with E-state index in [0.29, 0.717) is 37.7 Å². The molecule has 0 aromatic heterocycles. The third kappa shape index (κ3) is 5.29. The van der Waals surface area contributed by atoms with E-state index in [1.165, 1.54) is 16.4 Å². The molecule has 0 saturated carbocycles. The molecule has 0 fully saturated rings. The molecule has 0 heterocycles. The Bertz CT molecular complexity index is 863. The standard InChI is InChI=1S/C19H25N3O4S/c1-3-22(4-2)27(24,25)18-7-5-6-15(14-18)19(23)21-16-8-10-17(11-9-16)26-13-12-20/h5-11,14H,3-4,12-13,20H2,1-2H3,(H,21,23). The van der Waals surface area contributed by atoms with Gasteiger partial charge in [-0.15, -0.1) is 0 Å². The van der Waals surface area contributed by atoms with Crippen LogP contribution in [-0.2, 0) is 10.0 Å². The van der Waals surface area contributed by atoms with E-state index < -0.39 is 10.0 Å². The van der Waals surface area contributed by atoms with Crippen molar-refractivity contribution in [1.82, 2.24) is 4.31 Å². The smallest absolute Gasteiger partial charge is 0.255 e. The molecule has 2 aromatic rings. The van der Waals surface area contributed by atoms with Gasteiger partial charge in [-0.2, -0.15) is 4.31 Å². The molecule has 2 rings (SSSR count). The Morgan fingerprint density at radius 2 is 1.78 bits per heavy atom. The molecule has 1 amide bonds. The van der Waals surface area contributed by atoms with Crippen LogP contribution in [0.2, 0.25) is 0 Å². The predicted molar refractivity (Wildman–Crippen MR) is 105 cm³/mol. The number of ether oxygens (including phenoxy) is 1. The molecular weight excluding hydrogens is 366 g/mol. The maximum atomic E-state index is 12.6. The van der Waals surface area contributed by atoms with Gasteiger partial charge in [0.25, 0.3) is 5.91 Å². The Morgan fingerprint density at radius 1 is 1.11 bits per heavy atom. The lowest BCUT2D eigenvalue weighted by atomic mass is 10.2. The number of nitrogens with zero attached hydrogens (tertiary/aromatic N) is 1. The van der Waals surface area contributed by atoms with Crippen molar-refractivity contribution < 1.29 is 17.9 Å². The highest BCUT2D eigenvalue weighted by atomic mass is 32.2. The second-order valence-corrected chi connectivity index (χ2v) is 7.67. The van der Waals surface area contributed by atoms with Crippen LogP contribution in [0.5, 0.6) is 5.75 Å². The summed E-state index contributed by atoms with van der Waals surface area (Å²) in [5.41, 5.74) is 6.24. The first kappa shape index (κ1) is 20.9. The number of nitrogens with two attached hydrogens (primary N) is 1. The van der Waals surface area contributed by atoms with E-state index in [2.05, 4.69) is 5.32 Å². The number of sulfonamides is 1. The van der Waals surface area contributed by atoms with Crippen LogP contribution in [0.1, 0.15) is 24.2 Å². The van der Waals surface area contributed by atoms with Gasteiger partial charge in [-0.3, -0.25) is 4.79 Å². The van der Waals surface area contributed by atoms with Gasteiger partial charge >= 0.3 is 0 Å². The Kier molecular flexibility index (Phi) is 7.35. The first-order valence-corrected chi connectivity index (χ1v) is 10.2. The van der Waals surface area contributed by atoms with Crippen molar-refractivity contribution >= 4 is 21.6 Å². The zero-order chi connectivity index (χ0) is 19.9. The quantitative estimate of drug-likeness (QED) is 0.683. The van der Waals surface area contributed by atoms with E-state index in [4.69, 9.17) is 10.5 Å². The van der Waals surface area contributed by atoms with Gasteiger partial charge in [0, 0.05) is 30.9 Å². The molecule has 7 nitrogen and oxygen atoms in total. The monoisotopic (exact) mass is 391 g/mol. The highest BCUT2D eigenvalue weighted by Crippen LogP contribution is 2.19. The SMILES string of the molecule is CCN(CC)S(=O)(=O)c1cccc(C(=O)Nc2ccc(OCCN)cc2)c1. The number of hydrogen-bond donors (Lipinski definition) is 2. The summed E-state index contributed by atoms with van der Waals surface area (Å²) in [6, 6.07) is 12.9. The van der Waals surface area contributed by atoms with Crippen LogP contribution in [0, 0.1) is 0 Å². The van der Waals surface area contributed by atoms with Crippen molar-refractivity contribution in [3.8, 4) is 5.75 Å². The van der Waals surface area contributed by atoms with Crippen molar-refractivity contribution in [3.63, 3.8) is 0 Å². The fraction of sp³-hybridized carbons (Fsp3) is 0.316. The number of carbonyl (C=O) groups is 1. The van der Waals surface area contributed by atoms with Crippen LogP contribution in [0.15, 0.2) is 53.4 Å². The Labute approximate surface area is 160 Å². The molecule has 3 N–H and O–H groups in total. The molecule has 0 radical (unpaired) electrons. The molecule has 2 aromatic carbocycles. The van der Waals surface area contributed by atoms with Gasteiger partial charge in [-0.25, -0.2) is 8.42 Å². The van der Waals surface area contributed by atoms with Gasteiger partial charge in [0.1, 0.15) is 12.4 Å². The minimum Gasteiger partial charge on any atom is -0.492 e. The first-order chi connectivity index (χ1) is 12.9. The molecular formula is C19H25N3O4S. The van der Waals surface area contributed by atoms with Gasteiger partial charge in [0.15, 0.2) is 0 Å². The highest BCUT2D eigenvalue weighted by molar-refractivity contribution is 7.89. The molecule has 0 aliphatic carbocycles. The number of nitrogens with one attached hydrogen (secondary N) is 1. The van der Waals surface area contributed by atoms with E-state index >= 15 is 0 Å². The second kappa shape index (κ2) is 9.50. The summed E-state index contributed by atoms with van der Waals surface area (Å²) >= 11 is 0. The topological polar surface area (TPSA) is 102 Å². The van der Waals surface area contributed by atoms with E-state index in [-0.39, 0.29) is 16.4 Å². The van der Waals surface area contributed by atoms with Crippen molar-refractivity contribution in [1.29, 1.82) is 0 Å². The molecule has 0 aliphatic heterocycles. The summed E-state index contributed by atoms with van der Waals surface area (Å²) in [7, 11) is -3.62. The van der Waals surface area contributed by atoms with Gasteiger partial charge in [0.05, 0.1) is 4.90 Å². The summed E-state index contributed by atoms with van der Waals surface area (Å²) in [5.74, 6) is 0.271. The third-order valence-electron chi connectivity index (χ3n) is 3.94. The Balaban J connectivity index is 2.15. The number of rotatable bonds is 9. The third-order valence-corrected chi connectivity index (χ3v) is 5.98. The van der Waals surface area contributed by atoms with E-state index in [1.807, 2.05) is 0 Å². The Morgan fingerprint density at radius 3 is 2.37 bits per heavy atom. The largest absolute Gasteiger partial charge is 0.492 e. The number of benzene rings is 2. The van der Waals surface area contributed by atoms with Crippen LogP contribution >= 0.6 is 0 Å². The van der Waals surface area contributed by atoms with Crippen LogP contribution in [-0.4, -0.2) is 44.9 Å². The molecule has 0 unspecified atom stereocenters. The van der Waals surface area contributed by atoms with Crippen LogP contribution in [0.4, 0.5) is 5.69 Å². The fourth-order valence-electron chi connectivity index (χ4n) is 2.52. The van der Waals surface area contributed by atoms with E-state index in [1.54, 1.807) is 50.2 Å². The highest BCUT2D eigenvalue weighted by Gasteiger charge is 2.22. The van der Waals surface area contributed by atoms with Crippen molar-refractivity contribution in [2.45, 2.75) is 18.7 Å². The van der Waals surface area contributed by atoms with Crippen molar-refractivity contribution in [2.75, 3.05) is 31.6 Å². The molecule has 8 heteroatoms. The molecule has 146 valence electrons. The minimum absolute atomic E-state index is 0.101. The van der Waals surface area contributed by atoms with Crippen LogP contribution in [0.25, 0.3) is 0 Å². The number of carbonyl (C=O) groups excluding carboxylic acids is 1. The summed E-state index contributed by atoms with van der Waals surface area (Å²) in [6.45, 7) is 5.13. The maximum Gasteiger partial charge on any atom is 0.255 e. The molecule has 0 bridgehead atoms. The lowest BCUT2D eigenvalue weighted by molar-refractivity contribution is 0.102. The van der Waals surface area contributed by atoms with Gasteiger partial charge in [-0.05, 0) is 42.5 Å². The number of amides is 1. The lowest BCUT2D eigenvalue weighted by Crippen LogP contribution is -2.30. The molecule has 0 saturated heterocycles. The summed E-state index contributed by atoms with van der Waals surface area (Å²) in [6.07, 6.45) is 0. The van der Waals surface area contributed by atoms with Crippen molar-refractivity contribution in [2.24, 2.45) is 5.73 Å². The van der Waals surface area contributed by atoms with E-state index in [9.17, 15) is 13.2 Å². The zero-order valence-corrected chi connectivity index (χ0v) is 16.3. The molecule has 0 aliphatic rings. The molecule has 27 heavy (non-hydrogen) atoms. The molecule has 0 atom stereocenters. The average molecular weight is 391 g/mol.